The molecule has 0 atom stereocenters. The van der Waals surface area contributed by atoms with Gasteiger partial charge in [-0.05, 0) is 67.8 Å². The summed E-state index contributed by atoms with van der Waals surface area (Å²) in [6.07, 6.45) is 4.13. The van der Waals surface area contributed by atoms with Crippen molar-refractivity contribution in [1.29, 1.82) is 0 Å². The predicted molar refractivity (Wildman–Crippen MR) is 188 cm³/mol. The maximum Gasteiger partial charge on any atom is 0.219 e. The van der Waals surface area contributed by atoms with Crippen molar-refractivity contribution in [2.45, 2.75) is 26.2 Å². The van der Waals surface area contributed by atoms with E-state index in [0.29, 0.717) is 11.1 Å². The van der Waals surface area contributed by atoms with E-state index in [-0.39, 0.29) is 11.2 Å². The minimum absolute atomic E-state index is 0.0422. The summed E-state index contributed by atoms with van der Waals surface area (Å²) in [4.78, 5) is 0. The second-order valence-electron chi connectivity index (χ2n) is 12.9. The van der Waals surface area contributed by atoms with Crippen molar-refractivity contribution in [2.24, 2.45) is 0 Å². The lowest BCUT2D eigenvalue weighted by Gasteiger charge is -2.18. The number of halogens is 1. The van der Waals surface area contributed by atoms with Crippen LogP contribution in [-0.2, 0) is 5.41 Å². The van der Waals surface area contributed by atoms with Gasteiger partial charge in [0, 0.05) is 53.1 Å². The van der Waals surface area contributed by atoms with Crippen molar-refractivity contribution < 1.29 is 43.1 Å². The van der Waals surface area contributed by atoms with Gasteiger partial charge in [-0.2, -0.15) is 9.14 Å². The van der Waals surface area contributed by atoms with Gasteiger partial charge in [-0.3, -0.25) is 0 Å². The molecule has 0 N–H and O–H groups in total. The van der Waals surface area contributed by atoms with Gasteiger partial charge in [0.1, 0.15) is 7.05 Å². The lowest BCUT2D eigenvalue weighted by atomic mass is 9.81. The molecule has 0 saturated heterocycles. The van der Waals surface area contributed by atoms with Crippen LogP contribution in [0.1, 0.15) is 30.5 Å². The molecule has 1 aromatic heterocycles. The lowest BCUT2D eigenvalue weighted by molar-refractivity contribution is -2.00. The Kier molecular flexibility index (Phi) is 10.0. The van der Waals surface area contributed by atoms with E-state index in [0.717, 1.165) is 45.0 Å². The minimum Gasteiger partial charge on any atom is -0.872 e. The maximum atomic E-state index is 13.7. The van der Waals surface area contributed by atoms with E-state index in [1.807, 2.05) is 43.3 Å². The summed E-state index contributed by atoms with van der Waals surface area (Å²) in [5.74, 6) is 0.0422. The lowest BCUT2D eigenvalue weighted by Crippen LogP contribution is -2.68. The maximum absolute atomic E-state index is 13.7. The standard InChI is InChI=1S/C43H37N2O.ClHO4/c1-30-26-36(27-34(42(30)46)24-25-41-43(2,3)37-22-14-15-23-38(37)44(41)4)45-39(32-18-10-6-11-19-32)28-35(31-16-8-5-9-17-31)29-40(45)33-20-12-7-13-21-33;2-1(3,4)5/h5-29H,1-4H3;(H,2,3,4,5)/q+1;/p-1. The minimum atomic E-state index is -4.94. The summed E-state index contributed by atoms with van der Waals surface area (Å²) >= 11 is 0. The molecule has 0 unspecified atom stereocenters. The summed E-state index contributed by atoms with van der Waals surface area (Å²) in [7, 11) is -2.84. The van der Waals surface area contributed by atoms with Gasteiger partial charge in [0.15, 0.2) is 5.71 Å². The SMILES string of the molecule is Cc1cc(-[n+]2c(-c3ccccc3)cc(-c3ccccc3)cc2-c2ccccc2)cc(/C=C\C2=[N+](C)c3ccccc3C2(C)C)c1[O-].[O-][Cl+3]([O-])([O-])[O-]. The van der Waals surface area contributed by atoms with Crippen molar-refractivity contribution in [3.8, 4) is 45.1 Å². The Bertz CT molecular complexity index is 2180. The summed E-state index contributed by atoms with van der Waals surface area (Å²) in [6, 6.07) is 48.6. The molecule has 0 bridgehead atoms. The first-order chi connectivity index (χ1) is 24.3. The van der Waals surface area contributed by atoms with Crippen molar-refractivity contribution in [1.82, 2.24) is 0 Å². The third kappa shape index (κ3) is 7.68. The molecule has 2 heterocycles. The first-order valence-corrected chi connectivity index (χ1v) is 17.7. The number of aryl methyl sites for hydroxylation is 1. The molecule has 0 saturated carbocycles. The largest absolute Gasteiger partial charge is 0.872 e. The summed E-state index contributed by atoms with van der Waals surface area (Å²) in [6.45, 7) is 6.41. The Balaban J connectivity index is 0.000000839. The van der Waals surface area contributed by atoms with Crippen LogP contribution in [0.2, 0.25) is 0 Å². The molecule has 1 aliphatic rings. The van der Waals surface area contributed by atoms with Gasteiger partial charge in [0.05, 0.1) is 5.41 Å². The molecule has 1 aliphatic heterocycles. The zero-order valence-corrected chi connectivity index (χ0v) is 29.5. The fraction of sp³-hybridized carbons (Fsp3) is 0.116. The number of allylic oxidation sites excluding steroid dienone is 1. The van der Waals surface area contributed by atoms with E-state index in [1.165, 1.54) is 11.3 Å². The smallest absolute Gasteiger partial charge is 0.219 e. The number of hydrogen-bond donors (Lipinski definition) is 0. The molecule has 7 nitrogen and oxygen atoms in total. The molecule has 5 aromatic carbocycles. The van der Waals surface area contributed by atoms with Crippen LogP contribution >= 0.6 is 0 Å². The van der Waals surface area contributed by atoms with Crippen molar-refractivity contribution >= 4 is 17.5 Å². The Labute approximate surface area is 300 Å². The van der Waals surface area contributed by atoms with Gasteiger partial charge in [0.2, 0.25) is 22.8 Å². The predicted octanol–water partition coefficient (Wildman–Crippen LogP) is 4.31. The van der Waals surface area contributed by atoms with Crippen LogP contribution in [0, 0.1) is 17.2 Å². The van der Waals surface area contributed by atoms with Crippen molar-refractivity contribution in [3.63, 3.8) is 0 Å². The quantitative estimate of drug-likeness (QED) is 0.240. The normalized spacial score (nSPS) is 13.6. The van der Waals surface area contributed by atoms with Crippen molar-refractivity contribution in [2.75, 3.05) is 7.05 Å². The Hall–Kier alpha value is -5.41. The first-order valence-electron chi connectivity index (χ1n) is 16.4. The number of para-hydroxylation sites is 1. The highest BCUT2D eigenvalue weighted by Crippen LogP contribution is 2.39. The highest BCUT2D eigenvalue weighted by molar-refractivity contribution is 6.05. The van der Waals surface area contributed by atoms with Crippen LogP contribution in [-0.4, -0.2) is 17.3 Å². The summed E-state index contributed by atoms with van der Waals surface area (Å²) in [5.41, 5.74) is 12.4. The molecule has 0 fully saturated rings. The van der Waals surface area contributed by atoms with E-state index in [4.69, 9.17) is 18.6 Å². The molecule has 7 rings (SSSR count). The number of aromatic nitrogens is 1. The fourth-order valence-corrected chi connectivity index (χ4v) is 6.82. The molecule has 8 heteroatoms. The zero-order valence-electron chi connectivity index (χ0n) is 28.7. The van der Waals surface area contributed by atoms with Crippen LogP contribution in [0.15, 0.2) is 146 Å². The first kappa shape index (κ1) is 35.4. The van der Waals surface area contributed by atoms with Crippen molar-refractivity contribution in [3.05, 3.63) is 162 Å². The van der Waals surface area contributed by atoms with E-state index in [1.54, 1.807) is 0 Å². The van der Waals surface area contributed by atoms with Gasteiger partial charge in [-0.15, -0.1) is 10.2 Å². The number of nitrogens with zero attached hydrogens (tertiary/aromatic N) is 2. The number of benzene rings is 5. The topological polar surface area (TPSA) is 122 Å². The molecule has 0 aliphatic carbocycles. The molecule has 0 radical (unpaired) electrons. The zero-order chi connectivity index (χ0) is 36.3. The Morgan fingerprint density at radius 2 is 1.06 bits per heavy atom. The molecule has 0 amide bonds. The summed E-state index contributed by atoms with van der Waals surface area (Å²) in [5, 5.41) is 13.7. The summed E-state index contributed by atoms with van der Waals surface area (Å²) < 4.78 is 38.5. The van der Waals surface area contributed by atoms with Gasteiger partial charge < -0.3 is 5.11 Å². The van der Waals surface area contributed by atoms with Crippen LogP contribution in [0.25, 0.3) is 45.4 Å². The fourth-order valence-electron chi connectivity index (χ4n) is 6.82. The number of fused-ring (bicyclic) bond motifs is 1. The number of rotatable bonds is 6. The van der Waals surface area contributed by atoms with Crippen LogP contribution < -0.4 is 28.3 Å². The molecule has 51 heavy (non-hydrogen) atoms. The van der Waals surface area contributed by atoms with Gasteiger partial charge in [-0.1, -0.05) is 96.2 Å². The average molecular weight is 697 g/mol. The van der Waals surface area contributed by atoms with E-state index in [2.05, 4.69) is 145 Å². The number of pyridine rings is 1. The van der Waals surface area contributed by atoms with Gasteiger partial charge in [0.25, 0.3) is 0 Å². The highest BCUT2D eigenvalue weighted by Gasteiger charge is 2.42. The van der Waals surface area contributed by atoms with Crippen LogP contribution in [0.3, 0.4) is 0 Å². The van der Waals surface area contributed by atoms with Gasteiger partial charge in [-0.25, -0.2) is 18.6 Å². The second-order valence-corrected chi connectivity index (χ2v) is 13.7. The molecule has 256 valence electrons. The van der Waals surface area contributed by atoms with Crippen LogP contribution in [0.5, 0.6) is 5.75 Å². The highest BCUT2D eigenvalue weighted by atomic mass is 35.7. The molecule has 6 aromatic rings. The monoisotopic (exact) mass is 696 g/mol. The Morgan fingerprint density at radius 3 is 1.57 bits per heavy atom. The average Bonchev–Trinajstić information content (AvgIpc) is 3.32. The third-order valence-corrected chi connectivity index (χ3v) is 9.22. The second kappa shape index (κ2) is 14.4. The third-order valence-electron chi connectivity index (χ3n) is 9.22. The molecule has 0 spiro atoms. The van der Waals surface area contributed by atoms with Crippen LogP contribution in [0.4, 0.5) is 5.69 Å². The van der Waals surface area contributed by atoms with E-state index >= 15 is 0 Å². The Morgan fingerprint density at radius 1 is 0.588 bits per heavy atom. The van der Waals surface area contributed by atoms with E-state index in [9.17, 15) is 5.11 Å². The van der Waals surface area contributed by atoms with E-state index < -0.39 is 10.2 Å². The molecular formula is C43H37ClN2O5. The molecular weight excluding hydrogens is 660 g/mol. The van der Waals surface area contributed by atoms with Gasteiger partial charge >= 0.3 is 0 Å². The number of hydrogen-bond acceptors (Lipinski definition) is 5.